The third-order valence-electron chi connectivity index (χ3n) is 3.60. The molecule has 3 atom stereocenters. The van der Waals surface area contributed by atoms with Crippen LogP contribution in [0.2, 0.25) is 0 Å². The number of benzene rings is 2. The quantitative estimate of drug-likeness (QED) is 0.659. The van der Waals surface area contributed by atoms with Crippen molar-refractivity contribution >= 4 is 21.7 Å². The van der Waals surface area contributed by atoms with Crippen LogP contribution in [0.4, 0.5) is 0 Å². The predicted octanol–water partition coefficient (Wildman–Crippen LogP) is 3.32. The summed E-state index contributed by atoms with van der Waals surface area (Å²) < 4.78 is 10.6. The molecule has 0 bridgehead atoms. The first-order valence-corrected chi connectivity index (χ1v) is 8.02. The smallest absolute Gasteiger partial charge is 0.337 e. The second-order valence-corrected chi connectivity index (χ2v) is 6.44. The maximum absolute atomic E-state index is 12.0. The van der Waals surface area contributed by atoms with Gasteiger partial charge in [0, 0.05) is 10.8 Å². The molecule has 1 unspecified atom stereocenters. The molecule has 0 radical (unpaired) electrons. The van der Waals surface area contributed by atoms with Crippen molar-refractivity contribution in [3.63, 3.8) is 0 Å². The molecule has 0 spiro atoms. The summed E-state index contributed by atoms with van der Waals surface area (Å²) in [6, 6.07) is 18.5. The van der Waals surface area contributed by atoms with Gasteiger partial charge in [-0.3, -0.25) is 4.79 Å². The van der Waals surface area contributed by atoms with Crippen LogP contribution in [0.5, 0.6) is 0 Å². The number of nitrogens with one attached hydrogen (secondary N) is 1. The van der Waals surface area contributed by atoms with E-state index in [2.05, 4.69) is 10.3 Å². The topological polar surface area (TPSA) is 77.5 Å². The largest absolute Gasteiger partial charge is 0.497 e. The molecule has 3 rings (SSSR count). The van der Waals surface area contributed by atoms with Crippen molar-refractivity contribution in [2.45, 2.75) is 11.3 Å². The summed E-state index contributed by atoms with van der Waals surface area (Å²) in [6.45, 7) is 0. The van der Waals surface area contributed by atoms with Gasteiger partial charge in [0.1, 0.15) is 0 Å². The Kier molecular flexibility index (Phi) is 4.00. The average molecular weight is 312 g/mol. The minimum absolute atomic E-state index is 0.235. The molecule has 2 N–H and O–H groups in total. The van der Waals surface area contributed by atoms with Crippen LogP contribution in [0.25, 0.3) is 4.98 Å². The van der Waals surface area contributed by atoms with Crippen molar-refractivity contribution in [3.05, 3.63) is 76.8 Å². The summed E-state index contributed by atoms with van der Waals surface area (Å²) in [5.41, 5.74) is 1.77. The van der Waals surface area contributed by atoms with Crippen LogP contribution in [0.15, 0.2) is 60.7 Å². The van der Waals surface area contributed by atoms with Gasteiger partial charge in [-0.1, -0.05) is 60.7 Å². The van der Waals surface area contributed by atoms with Crippen LogP contribution >= 0.6 is 10.8 Å². The predicted molar refractivity (Wildman–Crippen MR) is 86.8 cm³/mol. The van der Waals surface area contributed by atoms with Crippen molar-refractivity contribution in [3.8, 4) is 0 Å². The molecule has 2 aromatic carbocycles. The van der Waals surface area contributed by atoms with Gasteiger partial charge in [0.2, 0.25) is 5.39 Å². The number of hydrogen-bond donors (Lipinski definition) is 2. The molecule has 0 fully saturated rings. The SMILES string of the molecule is N#[N+]C1=S(O)[C@H](c2ccccc2)[C@H](c2ccccc2)NC1=O. The van der Waals surface area contributed by atoms with Crippen LogP contribution in [0, 0.1) is 5.39 Å². The Morgan fingerprint density at radius 1 is 1.00 bits per heavy atom. The Labute approximate surface area is 130 Å². The van der Waals surface area contributed by atoms with E-state index in [4.69, 9.17) is 5.39 Å². The summed E-state index contributed by atoms with van der Waals surface area (Å²) in [5, 5.41) is 11.5. The lowest BCUT2D eigenvalue weighted by Crippen LogP contribution is -2.40. The van der Waals surface area contributed by atoms with Crippen molar-refractivity contribution < 1.29 is 9.35 Å². The van der Waals surface area contributed by atoms with Gasteiger partial charge < -0.3 is 9.87 Å². The zero-order valence-electron chi connectivity index (χ0n) is 11.6. The number of hydrogen-bond acceptors (Lipinski definition) is 3. The molecule has 110 valence electrons. The summed E-state index contributed by atoms with van der Waals surface area (Å²) in [4.78, 5) is 14.8. The van der Waals surface area contributed by atoms with E-state index in [0.29, 0.717) is 0 Å². The van der Waals surface area contributed by atoms with Gasteiger partial charge in [-0.25, -0.2) is 0 Å². The zero-order valence-corrected chi connectivity index (χ0v) is 12.4. The molecule has 1 amide bonds. The van der Waals surface area contributed by atoms with Gasteiger partial charge in [0.15, 0.2) is 4.98 Å². The molecule has 0 aliphatic carbocycles. The van der Waals surface area contributed by atoms with Crippen molar-refractivity contribution in [2.75, 3.05) is 0 Å². The lowest BCUT2D eigenvalue weighted by molar-refractivity contribution is -0.115. The molecule has 1 aliphatic rings. The molecule has 0 saturated heterocycles. The van der Waals surface area contributed by atoms with Crippen LogP contribution in [0.3, 0.4) is 0 Å². The highest BCUT2D eigenvalue weighted by molar-refractivity contribution is 8.12. The fourth-order valence-electron chi connectivity index (χ4n) is 2.59. The fourth-order valence-corrected chi connectivity index (χ4v) is 4.06. The third-order valence-corrected chi connectivity index (χ3v) is 5.29. The maximum atomic E-state index is 12.0. The Bertz CT molecular complexity index is 769. The van der Waals surface area contributed by atoms with Crippen LogP contribution in [-0.4, -0.2) is 15.4 Å². The Morgan fingerprint density at radius 3 is 2.09 bits per heavy atom. The second kappa shape index (κ2) is 6.10. The van der Waals surface area contributed by atoms with Gasteiger partial charge >= 0.3 is 10.9 Å². The number of rotatable bonds is 2. The molecule has 6 heteroatoms. The van der Waals surface area contributed by atoms with Crippen LogP contribution < -0.4 is 5.32 Å². The number of diazo groups is 1. The van der Waals surface area contributed by atoms with Crippen LogP contribution in [-0.2, 0) is 4.79 Å². The first-order chi connectivity index (χ1) is 10.7. The average Bonchev–Trinajstić information content (AvgIpc) is 2.56. The second-order valence-electron chi connectivity index (χ2n) is 4.91. The third kappa shape index (κ3) is 2.52. The van der Waals surface area contributed by atoms with Crippen molar-refractivity contribution in [1.82, 2.24) is 5.32 Å². The number of carbonyl (C=O) groups is 1. The first kappa shape index (κ1) is 14.4. The summed E-state index contributed by atoms with van der Waals surface area (Å²) in [6.07, 6.45) is 0. The van der Waals surface area contributed by atoms with E-state index >= 15 is 0 Å². The molecule has 0 aromatic heterocycles. The molecule has 1 heterocycles. The number of amides is 1. The van der Waals surface area contributed by atoms with Gasteiger partial charge in [0.05, 0.1) is 11.3 Å². The Balaban J connectivity index is 2.15. The standard InChI is InChI=1S/C16H13N3O2S/c17-19-16-15(20)18-13(11-7-3-1-4-8-11)14(22(16)21)12-9-5-2-6-10-12/h1-10,13-14H,(H-,18,20,21)/p+1/t13-,14+,22?/m0/s1. The van der Waals surface area contributed by atoms with E-state index in [9.17, 15) is 9.35 Å². The normalized spacial score (nSPS) is 24.5. The zero-order chi connectivity index (χ0) is 15.5. The molecule has 2 aromatic rings. The highest BCUT2D eigenvalue weighted by Gasteiger charge is 2.43. The lowest BCUT2D eigenvalue weighted by Gasteiger charge is -2.30. The van der Waals surface area contributed by atoms with Gasteiger partial charge in [-0.05, 0) is 11.1 Å². The van der Waals surface area contributed by atoms with Crippen molar-refractivity contribution in [1.29, 1.82) is 5.39 Å². The highest BCUT2D eigenvalue weighted by Crippen LogP contribution is 2.45. The lowest BCUT2D eigenvalue weighted by atomic mass is 9.98. The molecule has 0 saturated carbocycles. The van der Waals surface area contributed by atoms with E-state index in [1.54, 1.807) is 0 Å². The van der Waals surface area contributed by atoms with E-state index in [-0.39, 0.29) is 11.0 Å². The monoisotopic (exact) mass is 312 g/mol. The molecule has 22 heavy (non-hydrogen) atoms. The Hall–Kier alpha value is -2.49. The number of carbonyl (C=O) groups excluding carboxylic acids is 1. The molecule has 5 nitrogen and oxygen atoms in total. The highest BCUT2D eigenvalue weighted by atomic mass is 32.2. The number of nitrogens with zero attached hydrogens (tertiary/aromatic N) is 2. The molecular formula is C16H14N3O2S+. The summed E-state index contributed by atoms with van der Waals surface area (Å²) in [7, 11) is -1.49. The molecule has 1 aliphatic heterocycles. The summed E-state index contributed by atoms with van der Waals surface area (Å²) in [5.74, 6) is -0.547. The van der Waals surface area contributed by atoms with Gasteiger partial charge in [-0.15, -0.1) is 0 Å². The van der Waals surface area contributed by atoms with E-state index in [0.717, 1.165) is 11.1 Å². The van der Waals surface area contributed by atoms with Gasteiger partial charge in [0.25, 0.3) is 0 Å². The van der Waals surface area contributed by atoms with Crippen molar-refractivity contribution in [2.24, 2.45) is 0 Å². The van der Waals surface area contributed by atoms with E-state index in [1.807, 2.05) is 60.7 Å². The fraction of sp³-hybridized carbons (Fsp3) is 0.125. The summed E-state index contributed by atoms with van der Waals surface area (Å²) >= 11 is 0. The Morgan fingerprint density at radius 2 is 1.55 bits per heavy atom. The first-order valence-electron chi connectivity index (χ1n) is 6.77. The maximum Gasteiger partial charge on any atom is 0.497 e. The molecular weight excluding hydrogens is 298 g/mol. The van der Waals surface area contributed by atoms with Gasteiger partial charge in [-0.2, -0.15) is 0 Å². The minimum atomic E-state index is -1.49. The van der Waals surface area contributed by atoms with E-state index in [1.165, 1.54) is 0 Å². The minimum Gasteiger partial charge on any atom is -0.337 e. The van der Waals surface area contributed by atoms with Crippen LogP contribution in [0.1, 0.15) is 22.4 Å². The van der Waals surface area contributed by atoms with E-state index < -0.39 is 21.9 Å².